The molecule has 0 aromatic heterocycles. The Morgan fingerprint density at radius 3 is 2.59 bits per heavy atom. The standard InChI is InChI=1S/C19H24N2O/c1-15-10-12-21(13-11-15)19(22)14-20(2)18-9-5-7-16-6-3-4-8-17(16)18/h3-9,15H,10-14H2,1-2H3. The predicted octanol–water partition coefficient (Wildman–Crippen LogP) is 3.53. The molecule has 116 valence electrons. The second kappa shape index (κ2) is 6.39. The third kappa shape index (κ3) is 3.08. The van der Waals surface area contributed by atoms with Crippen molar-refractivity contribution in [1.82, 2.24) is 4.90 Å². The first kappa shape index (κ1) is 14.9. The van der Waals surface area contributed by atoms with Crippen LogP contribution in [-0.4, -0.2) is 37.5 Å². The molecule has 22 heavy (non-hydrogen) atoms. The van der Waals surface area contributed by atoms with Gasteiger partial charge in [0, 0.05) is 31.2 Å². The summed E-state index contributed by atoms with van der Waals surface area (Å²) in [4.78, 5) is 16.6. The van der Waals surface area contributed by atoms with Crippen LogP contribution in [0.1, 0.15) is 19.8 Å². The predicted molar refractivity (Wildman–Crippen MR) is 92.2 cm³/mol. The van der Waals surface area contributed by atoms with Crippen molar-refractivity contribution in [1.29, 1.82) is 0 Å². The Morgan fingerprint density at radius 2 is 1.82 bits per heavy atom. The van der Waals surface area contributed by atoms with E-state index in [4.69, 9.17) is 0 Å². The zero-order valence-electron chi connectivity index (χ0n) is 13.5. The minimum Gasteiger partial charge on any atom is -0.365 e. The molecule has 1 aliphatic rings. The van der Waals surface area contributed by atoms with Gasteiger partial charge in [0.2, 0.25) is 5.91 Å². The van der Waals surface area contributed by atoms with Crippen molar-refractivity contribution in [3.63, 3.8) is 0 Å². The maximum atomic E-state index is 12.5. The second-order valence-corrected chi connectivity index (χ2v) is 6.42. The summed E-state index contributed by atoms with van der Waals surface area (Å²) in [6, 6.07) is 14.6. The molecule has 0 atom stereocenters. The number of carbonyl (C=O) groups excluding carboxylic acids is 1. The van der Waals surface area contributed by atoms with Crippen LogP contribution in [0.2, 0.25) is 0 Å². The van der Waals surface area contributed by atoms with Crippen LogP contribution >= 0.6 is 0 Å². The minimum atomic E-state index is 0.238. The number of rotatable bonds is 3. The Morgan fingerprint density at radius 1 is 1.14 bits per heavy atom. The van der Waals surface area contributed by atoms with Crippen molar-refractivity contribution in [3.8, 4) is 0 Å². The number of likely N-dealkylation sites (tertiary alicyclic amines) is 1. The van der Waals surface area contributed by atoms with Gasteiger partial charge in [0.05, 0.1) is 6.54 Å². The van der Waals surface area contributed by atoms with E-state index in [0.717, 1.165) is 37.5 Å². The minimum absolute atomic E-state index is 0.238. The SMILES string of the molecule is CC1CCN(C(=O)CN(C)c2cccc3ccccc23)CC1. The summed E-state index contributed by atoms with van der Waals surface area (Å²) in [5.41, 5.74) is 1.12. The smallest absolute Gasteiger partial charge is 0.242 e. The van der Waals surface area contributed by atoms with E-state index in [-0.39, 0.29) is 5.91 Å². The number of likely N-dealkylation sites (N-methyl/N-ethyl adjacent to an activating group) is 1. The van der Waals surface area contributed by atoms with Crippen molar-refractivity contribution >= 4 is 22.4 Å². The summed E-state index contributed by atoms with van der Waals surface area (Å²) in [6.45, 7) is 4.53. The highest BCUT2D eigenvalue weighted by Gasteiger charge is 2.21. The highest BCUT2D eigenvalue weighted by Crippen LogP contribution is 2.26. The van der Waals surface area contributed by atoms with Gasteiger partial charge in [-0.1, -0.05) is 43.3 Å². The monoisotopic (exact) mass is 296 g/mol. The molecule has 1 saturated heterocycles. The molecule has 0 spiro atoms. The van der Waals surface area contributed by atoms with Crippen molar-refractivity contribution in [2.45, 2.75) is 19.8 Å². The first-order chi connectivity index (χ1) is 10.6. The van der Waals surface area contributed by atoms with Gasteiger partial charge >= 0.3 is 0 Å². The topological polar surface area (TPSA) is 23.6 Å². The fourth-order valence-electron chi connectivity index (χ4n) is 3.19. The van der Waals surface area contributed by atoms with Crippen LogP contribution < -0.4 is 4.90 Å². The number of anilines is 1. The molecule has 1 heterocycles. The Hall–Kier alpha value is -2.03. The first-order valence-corrected chi connectivity index (χ1v) is 8.12. The second-order valence-electron chi connectivity index (χ2n) is 6.42. The maximum absolute atomic E-state index is 12.5. The van der Waals surface area contributed by atoms with Gasteiger partial charge in [0.1, 0.15) is 0 Å². The molecule has 1 amide bonds. The molecule has 1 fully saturated rings. The Kier molecular flexibility index (Phi) is 4.32. The summed E-state index contributed by atoms with van der Waals surface area (Å²) in [5, 5.41) is 2.42. The molecule has 0 saturated carbocycles. The molecule has 2 aromatic rings. The molecule has 0 unspecified atom stereocenters. The number of hydrogen-bond donors (Lipinski definition) is 0. The van der Waals surface area contributed by atoms with E-state index in [0.29, 0.717) is 6.54 Å². The van der Waals surface area contributed by atoms with Crippen molar-refractivity contribution < 1.29 is 4.79 Å². The number of nitrogens with zero attached hydrogens (tertiary/aromatic N) is 2. The lowest BCUT2D eigenvalue weighted by atomic mass is 9.99. The van der Waals surface area contributed by atoms with Crippen LogP contribution in [0.3, 0.4) is 0 Å². The normalized spacial score (nSPS) is 16.0. The van der Waals surface area contributed by atoms with Crippen LogP contribution in [0.15, 0.2) is 42.5 Å². The van der Waals surface area contributed by atoms with E-state index in [1.807, 2.05) is 24.1 Å². The summed E-state index contributed by atoms with van der Waals surface area (Å²) in [7, 11) is 2.01. The number of fused-ring (bicyclic) bond motifs is 1. The lowest BCUT2D eigenvalue weighted by molar-refractivity contribution is -0.130. The molecule has 3 nitrogen and oxygen atoms in total. The van der Waals surface area contributed by atoms with Gasteiger partial charge in [-0.15, -0.1) is 0 Å². The van der Waals surface area contributed by atoms with E-state index in [1.54, 1.807) is 0 Å². The number of carbonyl (C=O) groups is 1. The lowest BCUT2D eigenvalue weighted by Gasteiger charge is -2.32. The van der Waals surface area contributed by atoms with Gasteiger partial charge in [0.15, 0.2) is 0 Å². The number of hydrogen-bond acceptors (Lipinski definition) is 2. The summed E-state index contributed by atoms with van der Waals surface area (Å²) >= 11 is 0. The van der Waals surface area contributed by atoms with E-state index < -0.39 is 0 Å². The average Bonchev–Trinajstić information content (AvgIpc) is 2.54. The van der Waals surface area contributed by atoms with Crippen molar-refractivity contribution in [2.24, 2.45) is 5.92 Å². The molecule has 0 N–H and O–H groups in total. The van der Waals surface area contributed by atoms with Crippen LogP contribution in [0.25, 0.3) is 10.8 Å². The van der Waals surface area contributed by atoms with Gasteiger partial charge in [-0.25, -0.2) is 0 Å². The Bertz CT molecular complexity index is 654. The van der Waals surface area contributed by atoms with E-state index in [1.165, 1.54) is 10.8 Å². The first-order valence-electron chi connectivity index (χ1n) is 8.12. The zero-order chi connectivity index (χ0) is 15.5. The van der Waals surface area contributed by atoms with Gasteiger partial charge in [-0.2, -0.15) is 0 Å². The van der Waals surface area contributed by atoms with Crippen LogP contribution in [0.4, 0.5) is 5.69 Å². The van der Waals surface area contributed by atoms with Crippen molar-refractivity contribution in [3.05, 3.63) is 42.5 Å². The van der Waals surface area contributed by atoms with Crippen molar-refractivity contribution in [2.75, 3.05) is 31.6 Å². The highest BCUT2D eigenvalue weighted by molar-refractivity contribution is 5.95. The maximum Gasteiger partial charge on any atom is 0.242 e. The lowest BCUT2D eigenvalue weighted by Crippen LogP contribution is -2.43. The molecule has 0 bridgehead atoms. The Balaban J connectivity index is 1.73. The van der Waals surface area contributed by atoms with E-state index in [2.05, 4.69) is 42.2 Å². The van der Waals surface area contributed by atoms with Gasteiger partial charge in [0.25, 0.3) is 0 Å². The van der Waals surface area contributed by atoms with Crippen LogP contribution in [0, 0.1) is 5.92 Å². The van der Waals surface area contributed by atoms with E-state index in [9.17, 15) is 4.79 Å². The molecule has 1 aliphatic heterocycles. The highest BCUT2D eigenvalue weighted by atomic mass is 16.2. The average molecular weight is 296 g/mol. The number of benzene rings is 2. The molecular formula is C19H24N2O. The summed E-state index contributed by atoms with van der Waals surface area (Å²) in [5.74, 6) is 0.988. The molecular weight excluding hydrogens is 272 g/mol. The third-order valence-corrected chi connectivity index (χ3v) is 4.69. The number of piperidine rings is 1. The van der Waals surface area contributed by atoms with Gasteiger partial charge < -0.3 is 9.80 Å². The quantitative estimate of drug-likeness (QED) is 0.865. The molecule has 2 aromatic carbocycles. The molecule has 0 aliphatic carbocycles. The summed E-state index contributed by atoms with van der Waals surface area (Å²) < 4.78 is 0. The third-order valence-electron chi connectivity index (χ3n) is 4.69. The van der Waals surface area contributed by atoms with Crippen LogP contribution in [0.5, 0.6) is 0 Å². The Labute approximate surface area is 132 Å². The summed E-state index contributed by atoms with van der Waals surface area (Å²) in [6.07, 6.45) is 2.26. The number of amides is 1. The van der Waals surface area contributed by atoms with Gasteiger partial charge in [-0.3, -0.25) is 4.79 Å². The fourth-order valence-corrected chi connectivity index (χ4v) is 3.19. The van der Waals surface area contributed by atoms with E-state index >= 15 is 0 Å². The molecule has 3 rings (SSSR count). The largest absolute Gasteiger partial charge is 0.365 e. The zero-order valence-corrected chi connectivity index (χ0v) is 13.5. The van der Waals surface area contributed by atoms with Crippen LogP contribution in [-0.2, 0) is 4.79 Å². The fraction of sp³-hybridized carbons (Fsp3) is 0.421. The molecule has 3 heteroatoms. The molecule has 0 radical (unpaired) electrons. The van der Waals surface area contributed by atoms with Gasteiger partial charge in [-0.05, 0) is 30.2 Å².